The number of nitrogens with zero attached hydrogens (tertiary/aromatic N) is 1. The van der Waals surface area contributed by atoms with Gasteiger partial charge in [0.05, 0.1) is 11.6 Å². The molecule has 0 spiro atoms. The van der Waals surface area contributed by atoms with Crippen LogP contribution in [0.25, 0.3) is 0 Å². The predicted octanol–water partition coefficient (Wildman–Crippen LogP) is 4.80. The zero-order valence-corrected chi connectivity index (χ0v) is 13.0. The highest BCUT2D eigenvalue weighted by Crippen LogP contribution is 2.53. The summed E-state index contributed by atoms with van der Waals surface area (Å²) < 4.78 is 118. The average molecular weight is 397 g/mol. The zero-order chi connectivity index (χ0) is 21.0. The minimum Gasteiger partial charge on any atom is -0.457 e. The van der Waals surface area contributed by atoms with Crippen molar-refractivity contribution in [1.82, 2.24) is 0 Å². The Hall–Kier alpha value is -2.19. The minimum absolute atomic E-state index is 0.210. The number of carbonyl (C=O) groups is 1. The molecule has 0 bridgehead atoms. The molecule has 0 aromatic rings. The molecule has 0 amide bonds. The lowest BCUT2D eigenvalue weighted by Gasteiger charge is -2.32. The van der Waals surface area contributed by atoms with E-state index in [1.165, 1.54) is 6.07 Å². The van der Waals surface area contributed by atoms with Crippen LogP contribution in [0.4, 0.5) is 39.5 Å². The second-order valence-electron chi connectivity index (χ2n) is 4.98. The van der Waals surface area contributed by atoms with Crippen LogP contribution in [-0.4, -0.2) is 36.0 Å². The van der Waals surface area contributed by atoms with Crippen LogP contribution in [0, 0.1) is 11.3 Å². The third-order valence-corrected chi connectivity index (χ3v) is 2.93. The van der Waals surface area contributed by atoms with Gasteiger partial charge in [-0.15, -0.1) is 0 Å². The van der Waals surface area contributed by atoms with Crippen molar-refractivity contribution in [3.8, 4) is 6.07 Å². The Kier molecular flexibility index (Phi) is 7.33. The molecular formula is C14H12F9NO2. The zero-order valence-electron chi connectivity index (χ0n) is 13.0. The minimum atomic E-state index is -6.97. The molecule has 0 N–H and O–H groups in total. The summed E-state index contributed by atoms with van der Waals surface area (Å²) in [4.78, 5) is 10.8. The van der Waals surface area contributed by atoms with Crippen molar-refractivity contribution in [2.24, 2.45) is 0 Å². The molecular weight excluding hydrogens is 385 g/mol. The van der Waals surface area contributed by atoms with E-state index < -0.39 is 54.9 Å². The van der Waals surface area contributed by atoms with E-state index in [9.17, 15) is 44.3 Å². The Labute approximate surface area is 141 Å². The second kappa shape index (κ2) is 8.01. The van der Waals surface area contributed by atoms with E-state index in [1.54, 1.807) is 0 Å². The van der Waals surface area contributed by atoms with E-state index in [2.05, 4.69) is 11.3 Å². The van der Waals surface area contributed by atoms with E-state index in [1.807, 2.05) is 0 Å². The smallest absolute Gasteiger partial charge is 0.457 e. The number of alkyl halides is 9. The van der Waals surface area contributed by atoms with Crippen LogP contribution in [0.15, 0.2) is 24.3 Å². The molecule has 0 radical (unpaired) electrons. The lowest BCUT2D eigenvalue weighted by atomic mass is 10.0. The summed E-state index contributed by atoms with van der Waals surface area (Å²) >= 11 is 0. The molecule has 3 nitrogen and oxygen atoms in total. The number of hydrogen-bond donors (Lipinski definition) is 0. The molecule has 1 atom stereocenters. The molecule has 0 aliphatic carbocycles. The lowest BCUT2D eigenvalue weighted by Crippen LogP contribution is -2.60. The number of rotatable bonds is 8. The standard InChI is InChI=1S/C14H12F9NO2/c1-8(7-24)10(26-9(2)25)5-3-4-6-11(15,16)12(17,18)13(19,20)14(21,22)23/h4,6,10H,1,3,5H2,2H3/b6-4+. The van der Waals surface area contributed by atoms with Crippen molar-refractivity contribution in [3.63, 3.8) is 0 Å². The van der Waals surface area contributed by atoms with Gasteiger partial charge in [-0.2, -0.15) is 44.8 Å². The van der Waals surface area contributed by atoms with E-state index in [-0.39, 0.29) is 11.6 Å². The van der Waals surface area contributed by atoms with Crippen LogP contribution in [0.5, 0.6) is 0 Å². The Morgan fingerprint density at radius 3 is 2.00 bits per heavy atom. The third kappa shape index (κ3) is 5.15. The van der Waals surface area contributed by atoms with Gasteiger partial charge in [0.15, 0.2) is 0 Å². The first kappa shape index (κ1) is 23.8. The Balaban J connectivity index is 5.23. The highest BCUT2D eigenvalue weighted by atomic mass is 19.4. The second-order valence-corrected chi connectivity index (χ2v) is 4.98. The maximum Gasteiger partial charge on any atom is 0.460 e. The van der Waals surface area contributed by atoms with Gasteiger partial charge in [0, 0.05) is 6.92 Å². The summed E-state index contributed by atoms with van der Waals surface area (Å²) in [5.41, 5.74) is -0.311. The number of ether oxygens (including phenoxy) is 1. The molecule has 148 valence electrons. The molecule has 0 aromatic heterocycles. The van der Waals surface area contributed by atoms with Gasteiger partial charge < -0.3 is 4.74 Å². The molecule has 0 aliphatic heterocycles. The maximum atomic E-state index is 13.2. The molecule has 0 saturated heterocycles. The SMILES string of the molecule is C=C(C#N)C(CC/C=C/C(F)(F)C(F)(F)C(F)(F)C(F)(F)F)OC(C)=O. The first-order valence-corrected chi connectivity index (χ1v) is 6.65. The maximum absolute atomic E-state index is 13.2. The van der Waals surface area contributed by atoms with Crippen molar-refractivity contribution in [3.05, 3.63) is 24.3 Å². The number of carbonyl (C=O) groups excluding carboxylic acids is 1. The van der Waals surface area contributed by atoms with Gasteiger partial charge in [-0.3, -0.25) is 4.79 Å². The first-order chi connectivity index (χ1) is 11.5. The fourth-order valence-electron chi connectivity index (χ4n) is 1.55. The van der Waals surface area contributed by atoms with Crippen molar-refractivity contribution in [2.75, 3.05) is 0 Å². The summed E-state index contributed by atoms with van der Waals surface area (Å²) in [6.07, 6.45) is -9.80. The fraction of sp³-hybridized carbons (Fsp3) is 0.571. The van der Waals surface area contributed by atoms with Crippen molar-refractivity contribution in [2.45, 2.75) is 49.8 Å². The number of halogens is 9. The summed E-state index contributed by atoms with van der Waals surface area (Å²) in [5.74, 6) is -20.4. The lowest BCUT2D eigenvalue weighted by molar-refractivity contribution is -0.388. The average Bonchev–Trinajstić information content (AvgIpc) is 2.47. The van der Waals surface area contributed by atoms with E-state index in [0.717, 1.165) is 6.92 Å². The van der Waals surface area contributed by atoms with Crippen molar-refractivity contribution < 1.29 is 49.0 Å². The molecule has 12 heteroatoms. The number of hydrogen-bond acceptors (Lipinski definition) is 3. The number of nitriles is 1. The molecule has 0 heterocycles. The topological polar surface area (TPSA) is 50.1 Å². The molecule has 1 unspecified atom stereocenters. The largest absolute Gasteiger partial charge is 0.460 e. The van der Waals surface area contributed by atoms with Gasteiger partial charge >= 0.3 is 29.9 Å². The monoisotopic (exact) mass is 397 g/mol. The van der Waals surface area contributed by atoms with Gasteiger partial charge in [-0.1, -0.05) is 12.7 Å². The molecule has 0 aliphatic rings. The van der Waals surface area contributed by atoms with Crippen LogP contribution in [-0.2, 0) is 9.53 Å². The van der Waals surface area contributed by atoms with Crippen LogP contribution < -0.4 is 0 Å². The van der Waals surface area contributed by atoms with Crippen molar-refractivity contribution >= 4 is 5.97 Å². The molecule has 0 fully saturated rings. The van der Waals surface area contributed by atoms with Gasteiger partial charge in [0.25, 0.3) is 0 Å². The van der Waals surface area contributed by atoms with Crippen LogP contribution in [0.3, 0.4) is 0 Å². The number of esters is 1. The van der Waals surface area contributed by atoms with Crippen LogP contribution in [0.2, 0.25) is 0 Å². The van der Waals surface area contributed by atoms with Gasteiger partial charge in [-0.05, 0) is 18.9 Å². The highest BCUT2D eigenvalue weighted by molar-refractivity contribution is 5.66. The molecule has 0 saturated carbocycles. The highest BCUT2D eigenvalue weighted by Gasteiger charge is 2.81. The fourth-order valence-corrected chi connectivity index (χ4v) is 1.55. The predicted molar refractivity (Wildman–Crippen MR) is 69.6 cm³/mol. The summed E-state index contributed by atoms with van der Waals surface area (Å²) in [5, 5.41) is 8.61. The summed E-state index contributed by atoms with van der Waals surface area (Å²) in [6, 6.07) is 1.50. The van der Waals surface area contributed by atoms with Crippen LogP contribution in [0.1, 0.15) is 19.8 Å². The van der Waals surface area contributed by atoms with Gasteiger partial charge in [-0.25, -0.2) is 0 Å². The molecule has 26 heavy (non-hydrogen) atoms. The van der Waals surface area contributed by atoms with Crippen LogP contribution >= 0.6 is 0 Å². The first-order valence-electron chi connectivity index (χ1n) is 6.65. The summed E-state index contributed by atoms with van der Waals surface area (Å²) in [7, 11) is 0. The summed E-state index contributed by atoms with van der Waals surface area (Å²) in [6.45, 7) is 4.14. The van der Waals surface area contributed by atoms with E-state index >= 15 is 0 Å². The van der Waals surface area contributed by atoms with Crippen molar-refractivity contribution in [1.29, 1.82) is 5.26 Å². The molecule has 0 aromatic carbocycles. The number of allylic oxidation sites excluding steroid dienone is 2. The third-order valence-electron chi connectivity index (χ3n) is 2.93. The Morgan fingerprint density at radius 1 is 1.12 bits per heavy atom. The van der Waals surface area contributed by atoms with Gasteiger partial charge in [0.1, 0.15) is 6.10 Å². The van der Waals surface area contributed by atoms with E-state index in [0.29, 0.717) is 0 Å². The van der Waals surface area contributed by atoms with E-state index in [4.69, 9.17) is 5.26 Å². The van der Waals surface area contributed by atoms with Gasteiger partial charge in [0.2, 0.25) is 0 Å². The Morgan fingerprint density at radius 2 is 1.62 bits per heavy atom. The molecule has 0 rings (SSSR count). The quantitative estimate of drug-likeness (QED) is 0.256. The Bertz CT molecular complexity index is 603. The normalized spacial score (nSPS) is 14.8.